The van der Waals surface area contributed by atoms with Crippen molar-refractivity contribution in [3.05, 3.63) is 76.2 Å². The summed E-state index contributed by atoms with van der Waals surface area (Å²) in [4.78, 5) is 17.4. The van der Waals surface area contributed by atoms with Gasteiger partial charge >= 0.3 is 5.63 Å². The molecule has 6 heteroatoms. The van der Waals surface area contributed by atoms with Crippen LogP contribution in [0, 0.1) is 5.92 Å². The minimum absolute atomic E-state index is 0.386. The Hall–Kier alpha value is -2.50. The van der Waals surface area contributed by atoms with E-state index in [1.54, 1.807) is 17.8 Å². The zero-order valence-electron chi connectivity index (χ0n) is 16.3. The van der Waals surface area contributed by atoms with Crippen molar-refractivity contribution in [2.75, 3.05) is 5.75 Å². The molecule has 0 unspecified atom stereocenters. The lowest BCUT2D eigenvalue weighted by molar-refractivity contribution is 0.563. The van der Waals surface area contributed by atoms with Crippen LogP contribution in [0.15, 0.2) is 75.2 Å². The Morgan fingerprint density at radius 3 is 2.66 bits per heavy atom. The van der Waals surface area contributed by atoms with Crippen LogP contribution in [0.2, 0.25) is 5.02 Å². The second kappa shape index (κ2) is 8.47. The summed E-state index contributed by atoms with van der Waals surface area (Å²) in [5.41, 5.74) is 2.20. The molecule has 4 nitrogen and oxygen atoms in total. The molecule has 0 amide bonds. The molecule has 0 saturated heterocycles. The second-order valence-electron chi connectivity index (χ2n) is 7.27. The van der Waals surface area contributed by atoms with E-state index in [2.05, 4.69) is 13.8 Å². The molecule has 4 aromatic rings. The number of nitrogens with zero attached hydrogens (tertiary/aromatic N) is 2. The highest BCUT2D eigenvalue weighted by Gasteiger charge is 2.16. The van der Waals surface area contributed by atoms with E-state index in [1.807, 2.05) is 59.3 Å². The van der Waals surface area contributed by atoms with Gasteiger partial charge in [-0.05, 0) is 48.7 Å². The second-order valence-corrected chi connectivity index (χ2v) is 8.77. The van der Waals surface area contributed by atoms with Crippen molar-refractivity contribution in [2.45, 2.75) is 25.4 Å². The Morgan fingerprint density at radius 1 is 1.14 bits per heavy atom. The highest BCUT2D eigenvalue weighted by atomic mass is 35.5. The molecule has 0 N–H and O–H groups in total. The Balaban J connectivity index is 1.79. The molecule has 0 bridgehead atoms. The van der Waals surface area contributed by atoms with Crippen LogP contribution in [0.5, 0.6) is 0 Å². The topological polar surface area (TPSA) is 48.0 Å². The minimum atomic E-state index is -0.386. The van der Waals surface area contributed by atoms with E-state index in [4.69, 9.17) is 21.0 Å². The van der Waals surface area contributed by atoms with Gasteiger partial charge in [-0.25, -0.2) is 9.78 Å². The average molecular weight is 425 g/mol. The van der Waals surface area contributed by atoms with Crippen molar-refractivity contribution in [1.29, 1.82) is 0 Å². The third kappa shape index (κ3) is 4.41. The number of halogens is 1. The molecule has 0 radical (unpaired) electrons. The van der Waals surface area contributed by atoms with Crippen molar-refractivity contribution < 1.29 is 4.42 Å². The van der Waals surface area contributed by atoms with Crippen LogP contribution in [0.4, 0.5) is 0 Å². The number of fused-ring (bicyclic) bond motifs is 1. The molecule has 0 atom stereocenters. The first-order valence-corrected chi connectivity index (χ1v) is 10.9. The van der Waals surface area contributed by atoms with Crippen LogP contribution in [0.1, 0.15) is 20.3 Å². The van der Waals surface area contributed by atoms with Crippen LogP contribution in [-0.4, -0.2) is 15.3 Å². The quantitative estimate of drug-likeness (QED) is 0.264. The van der Waals surface area contributed by atoms with E-state index in [-0.39, 0.29) is 5.63 Å². The van der Waals surface area contributed by atoms with Crippen molar-refractivity contribution in [3.8, 4) is 16.9 Å². The highest BCUT2D eigenvalue weighted by Crippen LogP contribution is 2.29. The van der Waals surface area contributed by atoms with Gasteiger partial charge in [0, 0.05) is 28.0 Å². The third-order valence-corrected chi connectivity index (χ3v) is 5.86. The molecule has 29 heavy (non-hydrogen) atoms. The zero-order valence-corrected chi connectivity index (χ0v) is 17.8. The van der Waals surface area contributed by atoms with E-state index in [0.29, 0.717) is 27.8 Å². The molecule has 2 heterocycles. The summed E-state index contributed by atoms with van der Waals surface area (Å²) in [6, 6.07) is 16.9. The largest absolute Gasteiger partial charge is 0.422 e. The SMILES string of the molecule is CC(C)CCSc1nc(-c2cc3ccccc3oc2=O)cn1-c1ccc(Cl)cc1. The molecule has 0 aliphatic heterocycles. The molecular formula is C23H21ClN2O2S. The number of hydrogen-bond donors (Lipinski definition) is 0. The van der Waals surface area contributed by atoms with Gasteiger partial charge in [-0.1, -0.05) is 55.4 Å². The summed E-state index contributed by atoms with van der Waals surface area (Å²) in [6.07, 6.45) is 2.98. The first-order valence-electron chi connectivity index (χ1n) is 9.52. The van der Waals surface area contributed by atoms with Crippen LogP contribution in [-0.2, 0) is 0 Å². The predicted octanol–water partition coefficient (Wildman–Crippen LogP) is 6.44. The monoisotopic (exact) mass is 424 g/mol. The van der Waals surface area contributed by atoms with Gasteiger partial charge in [0.2, 0.25) is 0 Å². The van der Waals surface area contributed by atoms with Crippen LogP contribution < -0.4 is 5.63 Å². The van der Waals surface area contributed by atoms with E-state index < -0.39 is 0 Å². The van der Waals surface area contributed by atoms with Gasteiger partial charge in [-0.15, -0.1) is 0 Å². The number of rotatable bonds is 6. The number of para-hydroxylation sites is 1. The Labute approximate surface area is 178 Å². The Morgan fingerprint density at radius 2 is 1.90 bits per heavy atom. The maximum atomic E-state index is 12.6. The lowest BCUT2D eigenvalue weighted by atomic mass is 10.1. The molecule has 0 fully saturated rings. The lowest BCUT2D eigenvalue weighted by Gasteiger charge is -2.08. The van der Waals surface area contributed by atoms with E-state index >= 15 is 0 Å². The number of thioether (sulfide) groups is 1. The molecule has 4 rings (SSSR count). The van der Waals surface area contributed by atoms with Crippen LogP contribution in [0.3, 0.4) is 0 Å². The van der Waals surface area contributed by atoms with Gasteiger partial charge in [0.15, 0.2) is 5.16 Å². The van der Waals surface area contributed by atoms with Crippen LogP contribution >= 0.6 is 23.4 Å². The maximum absolute atomic E-state index is 12.6. The normalized spacial score (nSPS) is 11.4. The molecule has 148 valence electrons. The van der Waals surface area contributed by atoms with E-state index in [9.17, 15) is 4.79 Å². The van der Waals surface area contributed by atoms with Crippen molar-refractivity contribution in [3.63, 3.8) is 0 Å². The molecule has 2 aromatic carbocycles. The van der Waals surface area contributed by atoms with Gasteiger partial charge in [-0.3, -0.25) is 4.57 Å². The summed E-state index contributed by atoms with van der Waals surface area (Å²) < 4.78 is 7.51. The van der Waals surface area contributed by atoms with Crippen LogP contribution in [0.25, 0.3) is 27.9 Å². The molecule has 0 spiro atoms. The summed E-state index contributed by atoms with van der Waals surface area (Å²) in [5.74, 6) is 1.57. The van der Waals surface area contributed by atoms with Crippen molar-refractivity contribution in [2.24, 2.45) is 5.92 Å². The number of imidazole rings is 1. The molecular weight excluding hydrogens is 404 g/mol. The van der Waals surface area contributed by atoms with Gasteiger partial charge in [0.25, 0.3) is 0 Å². The predicted molar refractivity (Wildman–Crippen MR) is 120 cm³/mol. The van der Waals surface area contributed by atoms with Gasteiger partial charge in [0.1, 0.15) is 5.58 Å². The summed E-state index contributed by atoms with van der Waals surface area (Å²) in [6.45, 7) is 4.41. The summed E-state index contributed by atoms with van der Waals surface area (Å²) >= 11 is 7.74. The molecule has 2 aromatic heterocycles. The lowest BCUT2D eigenvalue weighted by Crippen LogP contribution is -2.02. The molecule has 0 saturated carbocycles. The third-order valence-electron chi connectivity index (χ3n) is 4.62. The van der Waals surface area contributed by atoms with Crippen molar-refractivity contribution >= 4 is 34.3 Å². The van der Waals surface area contributed by atoms with Gasteiger partial charge in [0.05, 0.1) is 11.3 Å². The average Bonchev–Trinajstić information content (AvgIpc) is 3.11. The van der Waals surface area contributed by atoms with Gasteiger partial charge < -0.3 is 4.42 Å². The fourth-order valence-corrected chi connectivity index (χ4v) is 4.37. The highest BCUT2D eigenvalue weighted by molar-refractivity contribution is 7.99. The minimum Gasteiger partial charge on any atom is -0.422 e. The molecule has 0 aliphatic rings. The summed E-state index contributed by atoms with van der Waals surface area (Å²) in [7, 11) is 0. The fourth-order valence-electron chi connectivity index (χ4n) is 3.01. The molecule has 0 aliphatic carbocycles. The van der Waals surface area contributed by atoms with Gasteiger partial charge in [-0.2, -0.15) is 0 Å². The maximum Gasteiger partial charge on any atom is 0.345 e. The Kier molecular flexibility index (Phi) is 5.79. The first-order chi connectivity index (χ1) is 14.0. The summed E-state index contributed by atoms with van der Waals surface area (Å²) in [5, 5.41) is 2.39. The Bertz CT molecular complexity index is 1200. The number of aromatic nitrogens is 2. The smallest absolute Gasteiger partial charge is 0.345 e. The number of benzene rings is 2. The van der Waals surface area contributed by atoms with E-state index in [1.165, 1.54) is 0 Å². The number of hydrogen-bond acceptors (Lipinski definition) is 4. The first kappa shape index (κ1) is 19.8. The standard InChI is InChI=1S/C23H21ClN2O2S/c1-15(2)11-12-29-23-25-20(14-26(23)18-9-7-17(24)8-10-18)19-13-16-5-3-4-6-21(16)28-22(19)27/h3-10,13-15H,11-12H2,1-2H3. The van der Waals surface area contributed by atoms with Crippen molar-refractivity contribution in [1.82, 2.24) is 9.55 Å². The van der Waals surface area contributed by atoms with E-state index in [0.717, 1.165) is 28.4 Å². The fraction of sp³-hybridized carbons (Fsp3) is 0.217. The zero-order chi connectivity index (χ0) is 20.4.